The van der Waals surface area contributed by atoms with Crippen molar-refractivity contribution in [1.29, 1.82) is 0 Å². The molecular formula is C21H20N2O6. The summed E-state index contributed by atoms with van der Waals surface area (Å²) in [6.07, 6.45) is 0.984. The second kappa shape index (κ2) is 7.46. The molecule has 2 aliphatic rings. The Morgan fingerprint density at radius 1 is 1.00 bits per heavy atom. The fraction of sp³-hybridized carbons (Fsp3) is 0.286. The highest BCUT2D eigenvalue weighted by atomic mass is 16.7. The van der Waals surface area contributed by atoms with E-state index in [0.717, 1.165) is 5.56 Å². The number of carbonyl (C=O) groups excluding carboxylic acids is 3. The Morgan fingerprint density at radius 2 is 1.72 bits per heavy atom. The van der Waals surface area contributed by atoms with Crippen LogP contribution < -0.4 is 20.1 Å². The average Bonchev–Trinajstić information content (AvgIpc) is 3.43. The molecule has 2 N–H and O–H groups in total. The molecule has 2 amide bonds. The number of rotatable bonds is 6. The molecule has 0 spiro atoms. The number of amides is 2. The summed E-state index contributed by atoms with van der Waals surface area (Å²) >= 11 is 0. The zero-order valence-corrected chi connectivity index (χ0v) is 15.8. The number of methoxy groups -OCH3 is 1. The van der Waals surface area contributed by atoms with Gasteiger partial charge in [-0.2, -0.15) is 0 Å². The van der Waals surface area contributed by atoms with Crippen LogP contribution >= 0.6 is 0 Å². The number of esters is 1. The number of anilines is 1. The third kappa shape index (κ3) is 3.73. The molecule has 1 saturated carbocycles. The third-order valence-electron chi connectivity index (χ3n) is 5.07. The number of fused-ring (bicyclic) bond motifs is 1. The number of benzene rings is 2. The van der Waals surface area contributed by atoms with Gasteiger partial charge in [0.2, 0.25) is 18.6 Å². The number of hydrogen-bond acceptors (Lipinski definition) is 6. The van der Waals surface area contributed by atoms with Gasteiger partial charge in [-0.25, -0.2) is 4.79 Å². The lowest BCUT2D eigenvalue weighted by Crippen LogP contribution is -2.39. The van der Waals surface area contributed by atoms with Gasteiger partial charge in [-0.05, 0) is 54.8 Å². The topological polar surface area (TPSA) is 103 Å². The molecule has 2 aromatic rings. The Balaban J connectivity index is 1.36. The van der Waals surface area contributed by atoms with Gasteiger partial charge in [0, 0.05) is 12.2 Å². The smallest absolute Gasteiger partial charge is 0.337 e. The number of carbonyl (C=O) groups is 3. The number of ether oxygens (including phenoxy) is 3. The quantitative estimate of drug-likeness (QED) is 0.573. The Morgan fingerprint density at radius 3 is 2.41 bits per heavy atom. The van der Waals surface area contributed by atoms with Gasteiger partial charge in [0.05, 0.1) is 12.7 Å². The molecule has 8 nitrogen and oxygen atoms in total. The maximum Gasteiger partial charge on any atom is 0.337 e. The van der Waals surface area contributed by atoms with Gasteiger partial charge in [-0.3, -0.25) is 9.59 Å². The van der Waals surface area contributed by atoms with Gasteiger partial charge >= 0.3 is 5.97 Å². The Bertz CT molecular complexity index is 966. The fourth-order valence-corrected chi connectivity index (χ4v) is 3.14. The van der Waals surface area contributed by atoms with Crippen LogP contribution in [0.15, 0.2) is 42.5 Å². The van der Waals surface area contributed by atoms with Crippen molar-refractivity contribution >= 4 is 23.5 Å². The zero-order valence-electron chi connectivity index (χ0n) is 15.8. The minimum Gasteiger partial charge on any atom is -0.465 e. The molecule has 29 heavy (non-hydrogen) atoms. The lowest BCUT2D eigenvalue weighted by molar-refractivity contribution is -0.134. The minimum absolute atomic E-state index is 0.190. The second-order valence-corrected chi connectivity index (χ2v) is 6.98. The first-order chi connectivity index (χ1) is 14.0. The van der Waals surface area contributed by atoms with E-state index >= 15 is 0 Å². The van der Waals surface area contributed by atoms with Crippen molar-refractivity contribution in [3.63, 3.8) is 0 Å². The average molecular weight is 396 g/mol. The van der Waals surface area contributed by atoms with Gasteiger partial charge in [0.1, 0.15) is 5.41 Å². The predicted molar refractivity (Wildman–Crippen MR) is 102 cm³/mol. The van der Waals surface area contributed by atoms with E-state index in [1.54, 1.807) is 30.3 Å². The summed E-state index contributed by atoms with van der Waals surface area (Å²) in [7, 11) is 1.30. The van der Waals surface area contributed by atoms with E-state index in [4.69, 9.17) is 9.47 Å². The molecule has 1 aliphatic carbocycles. The van der Waals surface area contributed by atoms with Crippen LogP contribution in [-0.2, 0) is 20.9 Å². The van der Waals surface area contributed by atoms with E-state index in [2.05, 4.69) is 15.4 Å². The van der Waals surface area contributed by atoms with Gasteiger partial charge in [-0.15, -0.1) is 0 Å². The van der Waals surface area contributed by atoms with Crippen molar-refractivity contribution in [2.75, 3.05) is 19.2 Å². The standard InChI is InChI=1S/C21H20N2O6/c1-27-18(24)14-3-5-15(6-4-14)23-20(26)21(8-9-21)19(25)22-11-13-2-7-16-17(10-13)29-12-28-16/h2-7,10H,8-9,11-12H2,1H3,(H,22,25)(H,23,26). The first kappa shape index (κ1) is 18.8. The van der Waals surface area contributed by atoms with Crippen LogP contribution in [0.5, 0.6) is 11.5 Å². The van der Waals surface area contributed by atoms with Crippen LogP contribution in [0.1, 0.15) is 28.8 Å². The van der Waals surface area contributed by atoms with Gasteiger partial charge in [0.25, 0.3) is 0 Å². The van der Waals surface area contributed by atoms with Gasteiger partial charge in [0.15, 0.2) is 11.5 Å². The van der Waals surface area contributed by atoms with Crippen LogP contribution in [0.4, 0.5) is 5.69 Å². The monoisotopic (exact) mass is 396 g/mol. The highest BCUT2D eigenvalue weighted by Gasteiger charge is 2.56. The van der Waals surface area contributed by atoms with E-state index in [1.807, 2.05) is 12.1 Å². The largest absolute Gasteiger partial charge is 0.465 e. The summed E-state index contributed by atoms with van der Waals surface area (Å²) < 4.78 is 15.2. The Kier molecular flexibility index (Phi) is 4.84. The first-order valence-corrected chi connectivity index (χ1v) is 9.18. The molecule has 150 valence electrons. The highest BCUT2D eigenvalue weighted by molar-refractivity contribution is 6.13. The molecule has 0 aromatic heterocycles. The van der Waals surface area contributed by atoms with Gasteiger partial charge < -0.3 is 24.8 Å². The number of nitrogens with one attached hydrogen (secondary N) is 2. The fourth-order valence-electron chi connectivity index (χ4n) is 3.14. The SMILES string of the molecule is COC(=O)c1ccc(NC(=O)C2(C(=O)NCc3ccc4c(c3)OCO4)CC2)cc1. The maximum absolute atomic E-state index is 12.7. The summed E-state index contributed by atoms with van der Waals surface area (Å²) in [5.41, 5.74) is 0.694. The van der Waals surface area contributed by atoms with E-state index in [0.29, 0.717) is 42.1 Å². The first-order valence-electron chi connectivity index (χ1n) is 9.18. The van der Waals surface area contributed by atoms with E-state index in [9.17, 15) is 14.4 Å². The minimum atomic E-state index is -1.06. The third-order valence-corrected chi connectivity index (χ3v) is 5.07. The summed E-state index contributed by atoms with van der Waals surface area (Å²) in [5.74, 6) is 0.206. The second-order valence-electron chi connectivity index (χ2n) is 6.98. The van der Waals surface area contributed by atoms with Crippen LogP contribution in [0.2, 0.25) is 0 Å². The van der Waals surface area contributed by atoms with Crippen molar-refractivity contribution in [3.8, 4) is 11.5 Å². The summed E-state index contributed by atoms with van der Waals surface area (Å²) in [6.45, 7) is 0.480. The molecule has 2 aromatic carbocycles. The molecule has 4 rings (SSSR count). The van der Waals surface area contributed by atoms with Crippen molar-refractivity contribution in [2.45, 2.75) is 19.4 Å². The van der Waals surface area contributed by atoms with Crippen LogP contribution in [0, 0.1) is 5.41 Å². The molecule has 0 atom stereocenters. The molecule has 1 heterocycles. The molecule has 1 aliphatic heterocycles. The van der Waals surface area contributed by atoms with Crippen molar-refractivity contribution in [3.05, 3.63) is 53.6 Å². The van der Waals surface area contributed by atoms with E-state index in [1.165, 1.54) is 7.11 Å². The summed E-state index contributed by atoms with van der Waals surface area (Å²) in [5, 5.41) is 5.59. The molecule has 0 saturated heterocycles. The lowest BCUT2D eigenvalue weighted by Gasteiger charge is -2.16. The van der Waals surface area contributed by atoms with Crippen LogP contribution in [-0.4, -0.2) is 31.7 Å². The van der Waals surface area contributed by atoms with Crippen LogP contribution in [0.25, 0.3) is 0 Å². The molecule has 0 radical (unpaired) electrons. The normalized spacial score (nSPS) is 15.3. The zero-order chi connectivity index (χ0) is 20.4. The van der Waals surface area contributed by atoms with Gasteiger partial charge in [-0.1, -0.05) is 6.07 Å². The highest BCUT2D eigenvalue weighted by Crippen LogP contribution is 2.47. The maximum atomic E-state index is 12.7. The van der Waals surface area contributed by atoms with Crippen LogP contribution in [0.3, 0.4) is 0 Å². The van der Waals surface area contributed by atoms with Crippen molar-refractivity contribution in [1.82, 2.24) is 5.32 Å². The molecule has 0 bridgehead atoms. The molecule has 0 unspecified atom stereocenters. The lowest BCUT2D eigenvalue weighted by atomic mass is 10.0. The van der Waals surface area contributed by atoms with E-state index in [-0.39, 0.29) is 18.6 Å². The molecule has 1 fully saturated rings. The van der Waals surface area contributed by atoms with Crippen molar-refractivity contribution in [2.24, 2.45) is 5.41 Å². The molecule has 8 heteroatoms. The Hall–Kier alpha value is -3.55. The number of hydrogen-bond donors (Lipinski definition) is 2. The van der Waals surface area contributed by atoms with Crippen molar-refractivity contribution < 1.29 is 28.6 Å². The van der Waals surface area contributed by atoms with E-state index < -0.39 is 11.4 Å². The molecular weight excluding hydrogens is 376 g/mol. The predicted octanol–water partition coefficient (Wildman–Crippen LogP) is 2.24. The summed E-state index contributed by atoms with van der Waals surface area (Å²) in [6, 6.07) is 11.8. The Labute approximate surface area is 167 Å². The summed E-state index contributed by atoms with van der Waals surface area (Å²) in [4.78, 5) is 36.8.